The first-order valence-corrected chi connectivity index (χ1v) is 7.16. The molecule has 4 heteroatoms. The fourth-order valence-corrected chi connectivity index (χ4v) is 2.68. The van der Waals surface area contributed by atoms with Crippen LogP contribution >= 0.6 is 0 Å². The molecule has 1 fully saturated rings. The van der Waals surface area contributed by atoms with Gasteiger partial charge in [0.1, 0.15) is 0 Å². The Bertz CT molecular complexity index is 255. The third-order valence-corrected chi connectivity index (χ3v) is 3.65. The maximum absolute atomic E-state index is 11.8. The van der Waals surface area contributed by atoms with E-state index >= 15 is 0 Å². The number of hydrogen-bond acceptors (Lipinski definition) is 3. The zero-order valence-electron chi connectivity index (χ0n) is 12.3. The lowest BCUT2D eigenvalue weighted by Crippen LogP contribution is -2.47. The van der Waals surface area contributed by atoms with E-state index in [4.69, 9.17) is 0 Å². The summed E-state index contributed by atoms with van der Waals surface area (Å²) in [6, 6.07) is -0.0396. The summed E-state index contributed by atoms with van der Waals surface area (Å²) in [6.45, 7) is 7.63. The van der Waals surface area contributed by atoms with Crippen LogP contribution < -0.4 is 10.6 Å². The van der Waals surface area contributed by atoms with Crippen molar-refractivity contribution in [2.24, 2.45) is 11.8 Å². The van der Waals surface area contributed by atoms with Crippen LogP contribution in [0.3, 0.4) is 0 Å². The highest BCUT2D eigenvalue weighted by atomic mass is 16.2. The molecule has 1 aliphatic heterocycles. The third kappa shape index (κ3) is 5.36. The minimum atomic E-state index is -0.0396. The molecule has 1 amide bonds. The molecule has 0 aromatic carbocycles. The molecular formula is C14H29N3O. The minimum absolute atomic E-state index is 0.0396. The summed E-state index contributed by atoms with van der Waals surface area (Å²) >= 11 is 0. The lowest BCUT2D eigenvalue weighted by Gasteiger charge is -2.31. The second-order valence-corrected chi connectivity index (χ2v) is 5.98. The van der Waals surface area contributed by atoms with Gasteiger partial charge in [0, 0.05) is 13.6 Å². The van der Waals surface area contributed by atoms with Crippen LogP contribution in [0.25, 0.3) is 0 Å². The minimum Gasteiger partial charge on any atom is -0.358 e. The molecule has 106 valence electrons. The smallest absolute Gasteiger partial charge is 0.236 e. The van der Waals surface area contributed by atoms with Crippen LogP contribution in [0.2, 0.25) is 0 Å². The summed E-state index contributed by atoms with van der Waals surface area (Å²) in [5, 5.41) is 6.21. The molecule has 2 atom stereocenters. The Kier molecular flexibility index (Phi) is 6.65. The molecule has 0 bridgehead atoms. The van der Waals surface area contributed by atoms with E-state index in [1.54, 1.807) is 7.05 Å². The van der Waals surface area contributed by atoms with E-state index in [2.05, 4.69) is 36.4 Å². The van der Waals surface area contributed by atoms with Gasteiger partial charge in [-0.2, -0.15) is 0 Å². The van der Waals surface area contributed by atoms with Crippen LogP contribution in [0.1, 0.15) is 33.1 Å². The van der Waals surface area contributed by atoms with Gasteiger partial charge in [0.25, 0.3) is 0 Å². The number of carbonyl (C=O) groups is 1. The fourth-order valence-electron chi connectivity index (χ4n) is 2.68. The molecule has 1 heterocycles. The first-order chi connectivity index (χ1) is 8.52. The van der Waals surface area contributed by atoms with Crippen molar-refractivity contribution in [3.8, 4) is 0 Å². The summed E-state index contributed by atoms with van der Waals surface area (Å²) in [5.41, 5.74) is 0. The molecule has 0 aromatic rings. The van der Waals surface area contributed by atoms with Gasteiger partial charge in [-0.1, -0.05) is 13.8 Å². The number of likely N-dealkylation sites (N-methyl/N-ethyl adjacent to an activating group) is 1. The number of likely N-dealkylation sites (tertiary alicyclic amines) is 1. The van der Waals surface area contributed by atoms with Gasteiger partial charge in [-0.15, -0.1) is 0 Å². The zero-order chi connectivity index (χ0) is 13.5. The number of nitrogens with zero attached hydrogens (tertiary/aromatic N) is 1. The number of amides is 1. The van der Waals surface area contributed by atoms with Crippen LogP contribution in [-0.4, -0.2) is 50.6 Å². The Labute approximate surface area is 111 Å². The maximum Gasteiger partial charge on any atom is 0.236 e. The normalized spacial score (nSPS) is 23.1. The fraction of sp³-hybridized carbons (Fsp3) is 0.929. The number of rotatable bonds is 6. The third-order valence-electron chi connectivity index (χ3n) is 3.65. The Balaban J connectivity index is 2.38. The summed E-state index contributed by atoms with van der Waals surface area (Å²) in [6.07, 6.45) is 3.46. The quantitative estimate of drug-likeness (QED) is 0.746. The van der Waals surface area contributed by atoms with Gasteiger partial charge in [0.2, 0.25) is 5.91 Å². The Morgan fingerprint density at radius 3 is 2.72 bits per heavy atom. The largest absolute Gasteiger partial charge is 0.358 e. The highest BCUT2D eigenvalue weighted by Crippen LogP contribution is 2.14. The lowest BCUT2D eigenvalue weighted by atomic mass is 9.97. The molecule has 0 aromatic heterocycles. The summed E-state index contributed by atoms with van der Waals surface area (Å²) in [5.74, 6) is 1.34. The van der Waals surface area contributed by atoms with Crippen LogP contribution in [0, 0.1) is 11.8 Å². The Morgan fingerprint density at radius 2 is 2.17 bits per heavy atom. The molecule has 1 aliphatic rings. The predicted molar refractivity (Wildman–Crippen MR) is 75.5 cm³/mol. The van der Waals surface area contributed by atoms with E-state index in [1.165, 1.54) is 19.4 Å². The van der Waals surface area contributed by atoms with E-state index in [9.17, 15) is 4.79 Å². The van der Waals surface area contributed by atoms with Crippen molar-refractivity contribution in [3.63, 3.8) is 0 Å². The van der Waals surface area contributed by atoms with Crippen LogP contribution in [-0.2, 0) is 4.79 Å². The van der Waals surface area contributed by atoms with Gasteiger partial charge in [-0.05, 0) is 51.2 Å². The molecule has 0 spiro atoms. The zero-order valence-corrected chi connectivity index (χ0v) is 12.3. The van der Waals surface area contributed by atoms with E-state index in [0.717, 1.165) is 19.5 Å². The van der Waals surface area contributed by atoms with Gasteiger partial charge in [-0.3, -0.25) is 4.79 Å². The SMILES string of the molecule is CNC(=O)C(CC(C)C)NCC1CCCN(C)C1. The van der Waals surface area contributed by atoms with E-state index in [1.807, 2.05) is 0 Å². The molecule has 0 saturated carbocycles. The molecular weight excluding hydrogens is 226 g/mol. The Hall–Kier alpha value is -0.610. The average molecular weight is 255 g/mol. The van der Waals surface area contributed by atoms with Crippen LogP contribution in [0.5, 0.6) is 0 Å². The molecule has 1 saturated heterocycles. The summed E-state index contributed by atoms with van der Waals surface area (Å²) in [4.78, 5) is 14.2. The van der Waals surface area contributed by atoms with Crippen molar-refractivity contribution in [1.29, 1.82) is 0 Å². The summed E-state index contributed by atoms with van der Waals surface area (Å²) < 4.78 is 0. The number of nitrogens with one attached hydrogen (secondary N) is 2. The van der Waals surface area contributed by atoms with Crippen molar-refractivity contribution in [2.45, 2.75) is 39.2 Å². The molecule has 18 heavy (non-hydrogen) atoms. The average Bonchev–Trinajstić information content (AvgIpc) is 2.33. The second-order valence-electron chi connectivity index (χ2n) is 5.98. The lowest BCUT2D eigenvalue weighted by molar-refractivity contribution is -0.123. The van der Waals surface area contributed by atoms with Crippen LogP contribution in [0.4, 0.5) is 0 Å². The van der Waals surface area contributed by atoms with Crippen LogP contribution in [0.15, 0.2) is 0 Å². The molecule has 1 rings (SSSR count). The van der Waals surface area contributed by atoms with E-state index in [-0.39, 0.29) is 11.9 Å². The van der Waals surface area contributed by atoms with Crippen molar-refractivity contribution >= 4 is 5.91 Å². The number of carbonyl (C=O) groups excluding carboxylic acids is 1. The van der Waals surface area contributed by atoms with Crippen molar-refractivity contribution in [1.82, 2.24) is 15.5 Å². The van der Waals surface area contributed by atoms with Gasteiger partial charge >= 0.3 is 0 Å². The second kappa shape index (κ2) is 7.74. The van der Waals surface area contributed by atoms with Crippen molar-refractivity contribution in [3.05, 3.63) is 0 Å². The monoisotopic (exact) mass is 255 g/mol. The van der Waals surface area contributed by atoms with Crippen molar-refractivity contribution < 1.29 is 4.79 Å². The topological polar surface area (TPSA) is 44.4 Å². The predicted octanol–water partition coefficient (Wildman–Crippen LogP) is 1.08. The molecule has 0 radical (unpaired) electrons. The Morgan fingerprint density at radius 1 is 1.44 bits per heavy atom. The first kappa shape index (κ1) is 15.4. The van der Waals surface area contributed by atoms with Gasteiger partial charge < -0.3 is 15.5 Å². The molecule has 4 nitrogen and oxygen atoms in total. The van der Waals surface area contributed by atoms with Gasteiger partial charge in [0.05, 0.1) is 6.04 Å². The molecule has 0 aliphatic carbocycles. The van der Waals surface area contributed by atoms with Gasteiger partial charge in [0.15, 0.2) is 0 Å². The standard InChI is InChI=1S/C14H29N3O/c1-11(2)8-13(14(18)15-3)16-9-12-6-5-7-17(4)10-12/h11-13,16H,5-10H2,1-4H3,(H,15,18). The molecule has 2 unspecified atom stereocenters. The first-order valence-electron chi connectivity index (χ1n) is 7.16. The molecule has 2 N–H and O–H groups in total. The van der Waals surface area contributed by atoms with E-state index in [0.29, 0.717) is 11.8 Å². The van der Waals surface area contributed by atoms with Gasteiger partial charge in [-0.25, -0.2) is 0 Å². The number of hydrogen-bond donors (Lipinski definition) is 2. The highest BCUT2D eigenvalue weighted by Gasteiger charge is 2.22. The van der Waals surface area contributed by atoms with Crippen molar-refractivity contribution in [2.75, 3.05) is 33.7 Å². The highest BCUT2D eigenvalue weighted by molar-refractivity contribution is 5.81. The van der Waals surface area contributed by atoms with E-state index < -0.39 is 0 Å². The summed E-state index contributed by atoms with van der Waals surface area (Å²) in [7, 11) is 3.89. The number of piperidine rings is 1. The maximum atomic E-state index is 11.8.